The summed E-state index contributed by atoms with van der Waals surface area (Å²) < 4.78 is 5.59. The van der Waals surface area contributed by atoms with E-state index in [0.29, 0.717) is 6.10 Å². The molecule has 1 aromatic heterocycles. The summed E-state index contributed by atoms with van der Waals surface area (Å²) in [7, 11) is 0. The van der Waals surface area contributed by atoms with Crippen molar-refractivity contribution in [1.29, 1.82) is 0 Å². The summed E-state index contributed by atoms with van der Waals surface area (Å²) in [6.07, 6.45) is 3.74. The number of hydrogen-bond acceptors (Lipinski definition) is 3. The first-order valence-corrected chi connectivity index (χ1v) is 6.06. The van der Waals surface area contributed by atoms with E-state index in [9.17, 15) is 0 Å². The van der Waals surface area contributed by atoms with Crippen molar-refractivity contribution in [3.8, 4) is 0 Å². The van der Waals surface area contributed by atoms with Gasteiger partial charge >= 0.3 is 0 Å². The third kappa shape index (κ3) is 2.16. The third-order valence-electron chi connectivity index (χ3n) is 2.78. The molecule has 2 N–H and O–H groups in total. The maximum Gasteiger partial charge on any atom is 0.0594 e. The normalized spacial score (nSPS) is 24.0. The molecular formula is C11H17NOS. The zero-order chi connectivity index (χ0) is 9.97. The second-order valence-corrected chi connectivity index (χ2v) is 4.89. The molecule has 3 heteroatoms. The van der Waals surface area contributed by atoms with Crippen molar-refractivity contribution >= 4 is 11.3 Å². The second-order valence-electron chi connectivity index (χ2n) is 3.95. The number of thiophene rings is 1. The van der Waals surface area contributed by atoms with Gasteiger partial charge in [-0.2, -0.15) is 0 Å². The van der Waals surface area contributed by atoms with Gasteiger partial charge in [0.15, 0.2) is 0 Å². The molecule has 0 saturated carbocycles. The zero-order valence-electron chi connectivity index (χ0n) is 8.53. The molecule has 2 heterocycles. The average molecular weight is 211 g/mol. The molecule has 1 fully saturated rings. The van der Waals surface area contributed by atoms with E-state index in [4.69, 9.17) is 10.5 Å². The van der Waals surface area contributed by atoms with Gasteiger partial charge in [-0.1, -0.05) is 0 Å². The fourth-order valence-electron chi connectivity index (χ4n) is 1.98. The Morgan fingerprint density at radius 3 is 3.14 bits per heavy atom. The van der Waals surface area contributed by atoms with Gasteiger partial charge in [0, 0.05) is 17.5 Å². The first-order chi connectivity index (χ1) is 6.77. The highest BCUT2D eigenvalue weighted by atomic mass is 32.1. The van der Waals surface area contributed by atoms with Crippen LogP contribution in [0.15, 0.2) is 11.4 Å². The predicted molar refractivity (Wildman–Crippen MR) is 59.6 cm³/mol. The van der Waals surface area contributed by atoms with Crippen LogP contribution in [0.5, 0.6) is 0 Å². The third-order valence-corrected chi connectivity index (χ3v) is 3.93. The maximum absolute atomic E-state index is 6.15. The topological polar surface area (TPSA) is 35.2 Å². The standard InChI is InChI=1S/C11H17NOS/c1-8-4-6-14-11(8)10(12)7-9-3-2-5-13-9/h4,6,9-10H,2-3,5,7,12H2,1H3. The Morgan fingerprint density at radius 2 is 2.57 bits per heavy atom. The Morgan fingerprint density at radius 1 is 1.71 bits per heavy atom. The Kier molecular flexibility index (Phi) is 3.21. The maximum atomic E-state index is 6.15. The molecule has 0 spiro atoms. The summed E-state index contributed by atoms with van der Waals surface area (Å²) in [5.41, 5.74) is 7.47. The van der Waals surface area contributed by atoms with Crippen molar-refractivity contribution in [3.05, 3.63) is 21.9 Å². The SMILES string of the molecule is Cc1ccsc1C(N)CC1CCCO1. The van der Waals surface area contributed by atoms with Gasteiger partial charge in [0.05, 0.1) is 6.10 Å². The van der Waals surface area contributed by atoms with Crippen molar-refractivity contribution < 1.29 is 4.74 Å². The number of ether oxygens (including phenoxy) is 1. The van der Waals surface area contributed by atoms with Gasteiger partial charge in [-0.3, -0.25) is 0 Å². The van der Waals surface area contributed by atoms with Crippen LogP contribution in [0.4, 0.5) is 0 Å². The monoisotopic (exact) mass is 211 g/mol. The Bertz CT molecular complexity index is 291. The van der Waals surface area contributed by atoms with Crippen molar-refractivity contribution in [3.63, 3.8) is 0 Å². The van der Waals surface area contributed by atoms with Crippen LogP contribution in [-0.4, -0.2) is 12.7 Å². The fourth-order valence-corrected chi connectivity index (χ4v) is 2.93. The van der Waals surface area contributed by atoms with Gasteiger partial charge in [0.25, 0.3) is 0 Å². The van der Waals surface area contributed by atoms with E-state index < -0.39 is 0 Å². The molecule has 2 rings (SSSR count). The molecular weight excluding hydrogens is 194 g/mol. The highest BCUT2D eigenvalue weighted by Gasteiger charge is 2.20. The van der Waals surface area contributed by atoms with Gasteiger partial charge in [0.1, 0.15) is 0 Å². The summed E-state index contributed by atoms with van der Waals surface area (Å²) in [6.45, 7) is 3.04. The van der Waals surface area contributed by atoms with Crippen LogP contribution in [0.1, 0.15) is 35.7 Å². The minimum absolute atomic E-state index is 0.165. The Hall–Kier alpha value is -0.380. The van der Waals surface area contributed by atoms with E-state index in [2.05, 4.69) is 18.4 Å². The molecule has 2 atom stereocenters. The van der Waals surface area contributed by atoms with Crippen LogP contribution in [0.25, 0.3) is 0 Å². The van der Waals surface area contributed by atoms with Gasteiger partial charge < -0.3 is 10.5 Å². The van der Waals surface area contributed by atoms with Gasteiger partial charge in [0.2, 0.25) is 0 Å². The predicted octanol–water partition coefficient (Wildman–Crippen LogP) is 2.63. The lowest BCUT2D eigenvalue weighted by Gasteiger charge is -2.15. The molecule has 0 bridgehead atoms. The molecule has 0 radical (unpaired) electrons. The van der Waals surface area contributed by atoms with Crippen molar-refractivity contribution in [2.45, 2.75) is 38.3 Å². The number of rotatable bonds is 3. The Labute approximate surface area is 89.1 Å². The summed E-state index contributed by atoms with van der Waals surface area (Å²) in [6, 6.07) is 2.30. The van der Waals surface area contributed by atoms with Crippen molar-refractivity contribution in [1.82, 2.24) is 0 Å². The van der Waals surface area contributed by atoms with E-state index in [-0.39, 0.29) is 6.04 Å². The molecule has 1 aromatic rings. The van der Waals surface area contributed by atoms with Crippen LogP contribution in [0, 0.1) is 6.92 Å². The first kappa shape index (κ1) is 10.1. The fraction of sp³-hybridized carbons (Fsp3) is 0.636. The minimum atomic E-state index is 0.165. The molecule has 0 aromatic carbocycles. The van der Waals surface area contributed by atoms with E-state index in [0.717, 1.165) is 13.0 Å². The lowest BCUT2D eigenvalue weighted by molar-refractivity contribution is 0.0986. The molecule has 2 nitrogen and oxygen atoms in total. The van der Waals surface area contributed by atoms with Crippen LogP contribution in [0.3, 0.4) is 0 Å². The van der Waals surface area contributed by atoms with Crippen LogP contribution < -0.4 is 5.73 Å². The van der Waals surface area contributed by atoms with Crippen LogP contribution in [-0.2, 0) is 4.74 Å². The molecule has 14 heavy (non-hydrogen) atoms. The lowest BCUT2D eigenvalue weighted by Crippen LogP contribution is -2.17. The highest BCUT2D eigenvalue weighted by Crippen LogP contribution is 2.28. The molecule has 1 saturated heterocycles. The lowest BCUT2D eigenvalue weighted by atomic mass is 10.0. The highest BCUT2D eigenvalue weighted by molar-refractivity contribution is 7.10. The first-order valence-electron chi connectivity index (χ1n) is 5.18. The van der Waals surface area contributed by atoms with Gasteiger partial charge in [-0.05, 0) is 43.2 Å². The number of nitrogens with two attached hydrogens (primary N) is 1. The quantitative estimate of drug-likeness (QED) is 0.834. The summed E-state index contributed by atoms with van der Waals surface area (Å²) >= 11 is 1.76. The average Bonchev–Trinajstić information content (AvgIpc) is 2.75. The summed E-state index contributed by atoms with van der Waals surface area (Å²) in [5.74, 6) is 0. The summed E-state index contributed by atoms with van der Waals surface area (Å²) in [4.78, 5) is 1.32. The van der Waals surface area contributed by atoms with E-state index in [1.54, 1.807) is 11.3 Å². The molecule has 2 unspecified atom stereocenters. The van der Waals surface area contributed by atoms with Gasteiger partial charge in [-0.25, -0.2) is 0 Å². The van der Waals surface area contributed by atoms with Crippen LogP contribution >= 0.6 is 11.3 Å². The molecule has 78 valence electrons. The van der Waals surface area contributed by atoms with Crippen LogP contribution in [0.2, 0.25) is 0 Å². The minimum Gasteiger partial charge on any atom is -0.378 e. The van der Waals surface area contributed by atoms with Crippen molar-refractivity contribution in [2.24, 2.45) is 5.73 Å². The zero-order valence-corrected chi connectivity index (χ0v) is 9.35. The smallest absolute Gasteiger partial charge is 0.0594 e. The summed E-state index contributed by atoms with van der Waals surface area (Å²) in [5, 5.41) is 2.11. The molecule has 1 aliphatic heterocycles. The number of aryl methyl sites for hydroxylation is 1. The van der Waals surface area contributed by atoms with Crippen molar-refractivity contribution in [2.75, 3.05) is 6.61 Å². The largest absolute Gasteiger partial charge is 0.378 e. The molecule has 0 aliphatic carbocycles. The van der Waals surface area contributed by atoms with E-state index >= 15 is 0 Å². The molecule has 0 amide bonds. The molecule has 1 aliphatic rings. The van der Waals surface area contributed by atoms with E-state index in [1.807, 2.05) is 0 Å². The van der Waals surface area contributed by atoms with E-state index in [1.165, 1.54) is 23.3 Å². The van der Waals surface area contributed by atoms with Gasteiger partial charge in [-0.15, -0.1) is 11.3 Å². The number of hydrogen-bond donors (Lipinski definition) is 1. The second kappa shape index (κ2) is 4.43. The Balaban J connectivity index is 1.95.